The fraction of sp³-hybridized carbons (Fsp3) is 0.611. The van der Waals surface area contributed by atoms with Gasteiger partial charge in [0.25, 0.3) is 5.91 Å². The van der Waals surface area contributed by atoms with Gasteiger partial charge in [-0.2, -0.15) is 0 Å². The Hall–Kier alpha value is -2.15. The van der Waals surface area contributed by atoms with E-state index in [1.807, 2.05) is 24.0 Å². The van der Waals surface area contributed by atoms with E-state index in [1.165, 1.54) is 0 Å². The van der Waals surface area contributed by atoms with E-state index in [0.717, 1.165) is 39.0 Å². The quantitative estimate of drug-likeness (QED) is 0.829. The predicted molar refractivity (Wildman–Crippen MR) is 93.3 cm³/mol. The van der Waals surface area contributed by atoms with Crippen LogP contribution in [0.25, 0.3) is 0 Å². The third-order valence-electron chi connectivity index (χ3n) is 4.91. The molecule has 3 rings (SSSR count). The van der Waals surface area contributed by atoms with Gasteiger partial charge in [0.05, 0.1) is 6.61 Å². The van der Waals surface area contributed by atoms with Gasteiger partial charge < -0.3 is 14.5 Å². The number of hydrogen-bond donors (Lipinski definition) is 0. The number of aromatic nitrogens is 1. The maximum atomic E-state index is 12.6. The van der Waals surface area contributed by atoms with E-state index in [9.17, 15) is 9.59 Å². The Kier molecular flexibility index (Phi) is 5.86. The van der Waals surface area contributed by atoms with E-state index in [2.05, 4.69) is 9.88 Å². The first kappa shape index (κ1) is 17.7. The molecular formula is C18H26N4O3. The van der Waals surface area contributed by atoms with Crippen molar-refractivity contribution in [2.45, 2.75) is 25.8 Å². The highest BCUT2D eigenvalue weighted by Crippen LogP contribution is 2.19. The number of likely N-dealkylation sites (tertiary alicyclic amines) is 1. The average Bonchev–Trinajstić information content (AvgIpc) is 3.01. The second kappa shape index (κ2) is 8.29. The molecule has 25 heavy (non-hydrogen) atoms. The first-order valence-electron chi connectivity index (χ1n) is 9.05. The molecule has 2 fully saturated rings. The number of nitrogens with zero attached hydrogens (tertiary/aromatic N) is 4. The van der Waals surface area contributed by atoms with E-state index >= 15 is 0 Å². The van der Waals surface area contributed by atoms with Crippen LogP contribution in [0.15, 0.2) is 24.4 Å². The highest BCUT2D eigenvalue weighted by Gasteiger charge is 2.32. The molecule has 0 aromatic carbocycles. The molecule has 0 saturated carbocycles. The molecule has 0 radical (unpaired) electrons. The minimum absolute atomic E-state index is 0.00187. The lowest BCUT2D eigenvalue weighted by Crippen LogP contribution is -2.41. The third kappa shape index (κ3) is 4.28. The molecule has 2 amide bonds. The predicted octanol–water partition coefficient (Wildman–Crippen LogP) is 1.46. The van der Waals surface area contributed by atoms with Crippen molar-refractivity contribution in [2.24, 2.45) is 0 Å². The number of carbonyl (C=O) groups excluding carboxylic acids is 2. The van der Waals surface area contributed by atoms with Crippen molar-refractivity contribution >= 4 is 12.0 Å². The fourth-order valence-corrected chi connectivity index (χ4v) is 3.58. The summed E-state index contributed by atoms with van der Waals surface area (Å²) in [5.41, 5.74) is 0.505. The van der Waals surface area contributed by atoms with E-state index in [0.29, 0.717) is 31.4 Å². The van der Waals surface area contributed by atoms with Gasteiger partial charge in [-0.3, -0.25) is 14.7 Å². The molecule has 1 aromatic rings. The molecule has 2 aliphatic heterocycles. The molecule has 136 valence electrons. The molecule has 1 atom stereocenters. The van der Waals surface area contributed by atoms with Crippen LogP contribution in [0.4, 0.5) is 4.79 Å². The largest absolute Gasteiger partial charge is 0.450 e. The average molecular weight is 346 g/mol. The van der Waals surface area contributed by atoms with Crippen LogP contribution in [0.3, 0.4) is 0 Å². The summed E-state index contributed by atoms with van der Waals surface area (Å²) in [4.78, 5) is 34.7. The zero-order chi connectivity index (χ0) is 17.6. The monoisotopic (exact) mass is 346 g/mol. The number of amides is 2. The van der Waals surface area contributed by atoms with Crippen LogP contribution in [-0.2, 0) is 4.74 Å². The minimum atomic E-state index is -0.216. The highest BCUT2D eigenvalue weighted by atomic mass is 16.6. The molecule has 2 aliphatic rings. The van der Waals surface area contributed by atoms with Crippen molar-refractivity contribution in [1.82, 2.24) is 19.7 Å². The Balaban J connectivity index is 1.54. The molecular weight excluding hydrogens is 320 g/mol. The van der Waals surface area contributed by atoms with Gasteiger partial charge in [-0.15, -0.1) is 0 Å². The molecule has 3 heterocycles. The summed E-state index contributed by atoms with van der Waals surface area (Å²) in [6, 6.07) is 5.77. The van der Waals surface area contributed by atoms with Gasteiger partial charge >= 0.3 is 6.09 Å². The van der Waals surface area contributed by atoms with Crippen LogP contribution in [0, 0.1) is 0 Å². The topological polar surface area (TPSA) is 66.0 Å². The Morgan fingerprint density at radius 3 is 2.80 bits per heavy atom. The van der Waals surface area contributed by atoms with Crippen molar-refractivity contribution in [1.29, 1.82) is 0 Å². The smallest absolute Gasteiger partial charge is 0.409 e. The lowest BCUT2D eigenvalue weighted by atomic mass is 10.2. The standard InChI is InChI=1S/C18H26N4O3/c1-2-25-18(24)22-11-7-15(14-22)20-9-5-10-21(13-12-20)17(23)16-6-3-4-8-19-16/h3-4,6,8,15H,2,5,7,9-14H2,1H3. The van der Waals surface area contributed by atoms with Crippen molar-refractivity contribution in [3.05, 3.63) is 30.1 Å². The Labute approximate surface area is 148 Å². The molecule has 1 unspecified atom stereocenters. The lowest BCUT2D eigenvalue weighted by molar-refractivity contribution is 0.0752. The normalized spacial score (nSPS) is 21.9. The molecule has 0 bridgehead atoms. The van der Waals surface area contributed by atoms with Crippen molar-refractivity contribution in [3.8, 4) is 0 Å². The number of rotatable bonds is 3. The molecule has 2 saturated heterocycles. The number of ether oxygens (including phenoxy) is 1. The van der Waals surface area contributed by atoms with Gasteiger partial charge in [0, 0.05) is 51.5 Å². The second-order valence-electron chi connectivity index (χ2n) is 6.48. The SMILES string of the molecule is CCOC(=O)N1CCC(N2CCCN(C(=O)c3ccccn3)CC2)C1. The van der Waals surface area contributed by atoms with E-state index in [1.54, 1.807) is 17.2 Å². The first-order valence-corrected chi connectivity index (χ1v) is 9.05. The highest BCUT2D eigenvalue weighted by molar-refractivity contribution is 5.92. The molecule has 0 N–H and O–H groups in total. The van der Waals surface area contributed by atoms with Crippen LogP contribution in [0.2, 0.25) is 0 Å². The van der Waals surface area contributed by atoms with Gasteiger partial charge in [0.15, 0.2) is 0 Å². The van der Waals surface area contributed by atoms with Gasteiger partial charge in [-0.05, 0) is 31.9 Å². The number of hydrogen-bond acceptors (Lipinski definition) is 5. The summed E-state index contributed by atoms with van der Waals surface area (Å²) in [5.74, 6) is 0.00187. The molecule has 0 aliphatic carbocycles. The summed E-state index contributed by atoms with van der Waals surface area (Å²) in [7, 11) is 0. The summed E-state index contributed by atoms with van der Waals surface area (Å²) < 4.78 is 5.09. The maximum Gasteiger partial charge on any atom is 0.409 e. The van der Waals surface area contributed by atoms with Crippen LogP contribution in [-0.4, -0.2) is 83.6 Å². The van der Waals surface area contributed by atoms with Crippen LogP contribution >= 0.6 is 0 Å². The summed E-state index contributed by atoms with van der Waals surface area (Å²) in [5, 5.41) is 0. The minimum Gasteiger partial charge on any atom is -0.450 e. The van der Waals surface area contributed by atoms with E-state index < -0.39 is 0 Å². The lowest BCUT2D eigenvalue weighted by Gasteiger charge is -2.27. The van der Waals surface area contributed by atoms with Crippen molar-refractivity contribution < 1.29 is 14.3 Å². The Bertz CT molecular complexity index is 595. The zero-order valence-electron chi connectivity index (χ0n) is 14.8. The zero-order valence-corrected chi connectivity index (χ0v) is 14.8. The van der Waals surface area contributed by atoms with Crippen LogP contribution < -0.4 is 0 Å². The van der Waals surface area contributed by atoms with Gasteiger partial charge in [0.2, 0.25) is 0 Å². The van der Waals surface area contributed by atoms with Crippen molar-refractivity contribution in [3.63, 3.8) is 0 Å². The van der Waals surface area contributed by atoms with E-state index in [-0.39, 0.29) is 12.0 Å². The molecule has 1 aromatic heterocycles. The number of pyridine rings is 1. The fourth-order valence-electron chi connectivity index (χ4n) is 3.58. The maximum absolute atomic E-state index is 12.6. The molecule has 0 spiro atoms. The van der Waals surface area contributed by atoms with Gasteiger partial charge in [0.1, 0.15) is 5.69 Å². The third-order valence-corrected chi connectivity index (χ3v) is 4.91. The van der Waals surface area contributed by atoms with Crippen LogP contribution in [0.1, 0.15) is 30.3 Å². The number of carbonyl (C=O) groups is 2. The Morgan fingerprint density at radius 1 is 1.16 bits per heavy atom. The van der Waals surface area contributed by atoms with Gasteiger partial charge in [-0.25, -0.2) is 4.79 Å². The molecule has 7 heteroatoms. The summed E-state index contributed by atoms with van der Waals surface area (Å²) in [6.07, 6.45) is 3.34. The Morgan fingerprint density at radius 2 is 2.04 bits per heavy atom. The van der Waals surface area contributed by atoms with E-state index in [4.69, 9.17) is 4.74 Å². The summed E-state index contributed by atoms with van der Waals surface area (Å²) >= 11 is 0. The summed E-state index contributed by atoms with van der Waals surface area (Å²) in [6.45, 7) is 6.93. The van der Waals surface area contributed by atoms with Crippen molar-refractivity contribution in [2.75, 3.05) is 45.9 Å². The van der Waals surface area contributed by atoms with Crippen LogP contribution in [0.5, 0.6) is 0 Å². The first-order chi connectivity index (χ1) is 12.2. The second-order valence-corrected chi connectivity index (χ2v) is 6.48. The molecule has 7 nitrogen and oxygen atoms in total. The van der Waals surface area contributed by atoms with Gasteiger partial charge in [-0.1, -0.05) is 6.07 Å².